The minimum atomic E-state index is -0.981. The highest BCUT2D eigenvalue weighted by molar-refractivity contribution is 5.96. The normalized spacial score (nSPS) is 10.1. The summed E-state index contributed by atoms with van der Waals surface area (Å²) in [6, 6.07) is 6.89. The van der Waals surface area contributed by atoms with Crippen LogP contribution in [0.4, 0.5) is 0 Å². The van der Waals surface area contributed by atoms with Gasteiger partial charge in [0.05, 0.1) is 12.7 Å². The van der Waals surface area contributed by atoms with E-state index in [9.17, 15) is 9.90 Å². The maximum Gasteiger partial charge on any atom is 0.336 e. The van der Waals surface area contributed by atoms with Gasteiger partial charge in [-0.1, -0.05) is 0 Å². The van der Waals surface area contributed by atoms with E-state index in [2.05, 4.69) is 4.98 Å². The van der Waals surface area contributed by atoms with Crippen molar-refractivity contribution >= 4 is 5.97 Å². The van der Waals surface area contributed by atoms with Gasteiger partial charge in [0, 0.05) is 18.0 Å². The zero-order chi connectivity index (χ0) is 13.1. The van der Waals surface area contributed by atoms with Crippen LogP contribution in [0.15, 0.2) is 36.7 Å². The van der Waals surface area contributed by atoms with Crippen molar-refractivity contribution in [2.75, 3.05) is 7.11 Å². The molecule has 1 aromatic heterocycles. The standard InChI is InChI=1S/C14H13NO3/c1-9-5-10(8-15-7-9)12-4-3-11(18-2)6-13(12)14(16)17/h3-8H,1-2H3,(H,16,17). The second-order valence-electron chi connectivity index (χ2n) is 3.97. The Labute approximate surface area is 105 Å². The Morgan fingerprint density at radius 1 is 1.28 bits per heavy atom. The highest BCUT2D eigenvalue weighted by atomic mass is 16.5. The number of aromatic nitrogens is 1. The third kappa shape index (κ3) is 2.32. The first-order valence-corrected chi connectivity index (χ1v) is 5.45. The number of ether oxygens (including phenoxy) is 1. The number of carboxylic acids is 1. The molecule has 1 N–H and O–H groups in total. The molecule has 0 aliphatic heterocycles. The van der Waals surface area contributed by atoms with Gasteiger partial charge in [0.2, 0.25) is 0 Å². The Hall–Kier alpha value is -2.36. The largest absolute Gasteiger partial charge is 0.497 e. The molecule has 0 fully saturated rings. The van der Waals surface area contributed by atoms with Gasteiger partial charge < -0.3 is 9.84 Å². The van der Waals surface area contributed by atoms with Crippen LogP contribution in [0.2, 0.25) is 0 Å². The van der Waals surface area contributed by atoms with E-state index in [0.29, 0.717) is 11.3 Å². The molecule has 18 heavy (non-hydrogen) atoms. The van der Waals surface area contributed by atoms with Gasteiger partial charge in [-0.15, -0.1) is 0 Å². The predicted octanol–water partition coefficient (Wildman–Crippen LogP) is 2.76. The van der Waals surface area contributed by atoms with Gasteiger partial charge in [-0.25, -0.2) is 4.79 Å². The van der Waals surface area contributed by atoms with E-state index >= 15 is 0 Å². The SMILES string of the molecule is COc1ccc(-c2cncc(C)c2)c(C(=O)O)c1. The number of hydrogen-bond acceptors (Lipinski definition) is 3. The van der Waals surface area contributed by atoms with Crippen molar-refractivity contribution < 1.29 is 14.6 Å². The van der Waals surface area contributed by atoms with E-state index in [4.69, 9.17) is 4.74 Å². The number of carbonyl (C=O) groups is 1. The molecule has 92 valence electrons. The van der Waals surface area contributed by atoms with Crippen molar-refractivity contribution in [1.82, 2.24) is 4.98 Å². The third-order valence-corrected chi connectivity index (χ3v) is 2.64. The highest BCUT2D eigenvalue weighted by Gasteiger charge is 2.13. The first-order valence-electron chi connectivity index (χ1n) is 5.45. The lowest BCUT2D eigenvalue weighted by atomic mass is 10.00. The fourth-order valence-electron chi connectivity index (χ4n) is 1.78. The molecular weight excluding hydrogens is 230 g/mol. The molecule has 1 aromatic carbocycles. The average molecular weight is 243 g/mol. The van der Waals surface area contributed by atoms with Crippen molar-refractivity contribution in [2.24, 2.45) is 0 Å². The average Bonchev–Trinajstić information content (AvgIpc) is 2.38. The molecule has 0 aliphatic rings. The van der Waals surface area contributed by atoms with E-state index in [0.717, 1.165) is 11.1 Å². The third-order valence-electron chi connectivity index (χ3n) is 2.64. The number of methoxy groups -OCH3 is 1. The lowest BCUT2D eigenvalue weighted by molar-refractivity contribution is 0.0697. The summed E-state index contributed by atoms with van der Waals surface area (Å²) in [5, 5.41) is 9.24. The lowest BCUT2D eigenvalue weighted by Crippen LogP contribution is -2.00. The Balaban J connectivity index is 2.60. The van der Waals surface area contributed by atoms with Gasteiger partial charge in [0.25, 0.3) is 0 Å². The van der Waals surface area contributed by atoms with Gasteiger partial charge in [-0.3, -0.25) is 4.98 Å². The summed E-state index contributed by atoms with van der Waals surface area (Å²) in [5.74, 6) is -0.456. The molecule has 0 bridgehead atoms. The fraction of sp³-hybridized carbons (Fsp3) is 0.143. The number of hydrogen-bond donors (Lipinski definition) is 1. The lowest BCUT2D eigenvalue weighted by Gasteiger charge is -2.08. The van der Waals surface area contributed by atoms with Gasteiger partial charge in [0.15, 0.2) is 0 Å². The summed E-state index contributed by atoms with van der Waals surface area (Å²) < 4.78 is 5.04. The van der Waals surface area contributed by atoms with E-state index in [-0.39, 0.29) is 5.56 Å². The second kappa shape index (κ2) is 4.87. The van der Waals surface area contributed by atoms with Crippen LogP contribution in [-0.4, -0.2) is 23.2 Å². The van der Waals surface area contributed by atoms with Gasteiger partial charge in [0.1, 0.15) is 5.75 Å². The van der Waals surface area contributed by atoms with Gasteiger partial charge in [-0.05, 0) is 42.3 Å². The highest BCUT2D eigenvalue weighted by Crippen LogP contribution is 2.27. The van der Waals surface area contributed by atoms with Crippen LogP contribution in [0.25, 0.3) is 11.1 Å². The van der Waals surface area contributed by atoms with Crippen LogP contribution in [0, 0.1) is 6.92 Å². The minimum Gasteiger partial charge on any atom is -0.497 e. The molecule has 4 heteroatoms. The molecular formula is C14H13NO3. The van der Waals surface area contributed by atoms with Crippen molar-refractivity contribution in [2.45, 2.75) is 6.92 Å². The molecule has 1 heterocycles. The Bertz CT molecular complexity index is 593. The molecule has 2 aromatic rings. The zero-order valence-corrected chi connectivity index (χ0v) is 10.2. The van der Waals surface area contributed by atoms with Crippen LogP contribution in [0.1, 0.15) is 15.9 Å². The maximum absolute atomic E-state index is 11.3. The molecule has 0 spiro atoms. The number of carboxylic acid groups (broad SMARTS) is 1. The molecule has 0 atom stereocenters. The van der Waals surface area contributed by atoms with Crippen LogP contribution < -0.4 is 4.74 Å². The molecule has 0 saturated carbocycles. The number of rotatable bonds is 3. The molecule has 2 rings (SSSR count). The molecule has 0 aliphatic carbocycles. The molecule has 0 unspecified atom stereocenters. The van der Waals surface area contributed by atoms with E-state index in [1.165, 1.54) is 13.2 Å². The van der Waals surface area contributed by atoms with Crippen molar-refractivity contribution in [1.29, 1.82) is 0 Å². The Morgan fingerprint density at radius 2 is 2.06 bits per heavy atom. The van der Waals surface area contributed by atoms with E-state index < -0.39 is 5.97 Å². The summed E-state index contributed by atoms with van der Waals surface area (Å²) in [6.07, 6.45) is 3.38. The monoisotopic (exact) mass is 243 g/mol. The van der Waals surface area contributed by atoms with E-state index in [1.807, 2.05) is 13.0 Å². The maximum atomic E-state index is 11.3. The summed E-state index contributed by atoms with van der Waals surface area (Å²) in [5.41, 5.74) is 2.62. The summed E-state index contributed by atoms with van der Waals surface area (Å²) in [7, 11) is 1.51. The quantitative estimate of drug-likeness (QED) is 0.900. The van der Waals surface area contributed by atoms with Crippen LogP contribution >= 0.6 is 0 Å². The summed E-state index contributed by atoms with van der Waals surface area (Å²) >= 11 is 0. The molecule has 0 radical (unpaired) electrons. The van der Waals surface area contributed by atoms with Crippen LogP contribution in [0.5, 0.6) is 5.75 Å². The predicted molar refractivity (Wildman–Crippen MR) is 67.9 cm³/mol. The van der Waals surface area contributed by atoms with Gasteiger partial charge >= 0.3 is 5.97 Å². The Kier molecular flexibility index (Phi) is 3.28. The number of aryl methyl sites for hydroxylation is 1. The molecule has 0 amide bonds. The van der Waals surface area contributed by atoms with E-state index in [1.54, 1.807) is 24.5 Å². The van der Waals surface area contributed by atoms with Gasteiger partial charge in [-0.2, -0.15) is 0 Å². The van der Waals surface area contributed by atoms with Crippen LogP contribution in [0.3, 0.4) is 0 Å². The first-order chi connectivity index (χ1) is 8.61. The Morgan fingerprint density at radius 3 is 2.67 bits per heavy atom. The van der Waals surface area contributed by atoms with Crippen molar-refractivity contribution in [3.8, 4) is 16.9 Å². The number of nitrogens with zero attached hydrogens (tertiary/aromatic N) is 1. The second-order valence-corrected chi connectivity index (χ2v) is 3.97. The topological polar surface area (TPSA) is 59.4 Å². The number of benzene rings is 1. The number of aromatic carboxylic acids is 1. The van der Waals surface area contributed by atoms with Crippen LogP contribution in [-0.2, 0) is 0 Å². The zero-order valence-electron chi connectivity index (χ0n) is 10.2. The first kappa shape index (κ1) is 12.1. The number of pyridine rings is 1. The smallest absolute Gasteiger partial charge is 0.336 e. The summed E-state index contributed by atoms with van der Waals surface area (Å²) in [6.45, 7) is 1.92. The van der Waals surface area contributed by atoms with Crippen molar-refractivity contribution in [3.63, 3.8) is 0 Å². The fourth-order valence-corrected chi connectivity index (χ4v) is 1.78. The molecule has 4 nitrogen and oxygen atoms in total. The summed E-state index contributed by atoms with van der Waals surface area (Å²) in [4.78, 5) is 15.4. The molecule has 0 saturated heterocycles. The van der Waals surface area contributed by atoms with Crippen molar-refractivity contribution in [3.05, 3.63) is 47.8 Å². The minimum absolute atomic E-state index is 0.210.